The minimum Gasteiger partial charge on any atom is -0.429 e. The van der Waals surface area contributed by atoms with Gasteiger partial charge in [-0.3, -0.25) is 4.79 Å². The van der Waals surface area contributed by atoms with Gasteiger partial charge in [0.05, 0.1) is 5.69 Å². The summed E-state index contributed by atoms with van der Waals surface area (Å²) < 4.78 is 4.75. The van der Waals surface area contributed by atoms with Gasteiger partial charge in [0.2, 0.25) is 0 Å². The van der Waals surface area contributed by atoms with Crippen molar-refractivity contribution in [2.75, 3.05) is 0 Å². The van der Waals surface area contributed by atoms with E-state index in [0.717, 1.165) is 17.0 Å². The van der Waals surface area contributed by atoms with Crippen molar-refractivity contribution in [3.05, 3.63) is 42.4 Å². The molecule has 0 spiro atoms. The van der Waals surface area contributed by atoms with Crippen molar-refractivity contribution < 1.29 is 9.53 Å². The molecule has 0 bridgehead atoms. The fourth-order valence-electron chi connectivity index (χ4n) is 1.61. The van der Waals surface area contributed by atoms with E-state index in [1.807, 2.05) is 18.2 Å². The van der Waals surface area contributed by atoms with E-state index in [0.29, 0.717) is 18.1 Å². The lowest BCUT2D eigenvalue weighted by molar-refractivity contribution is -0.120. The van der Waals surface area contributed by atoms with E-state index in [9.17, 15) is 4.79 Å². The lowest BCUT2D eigenvalue weighted by atomic mass is 10.1. The summed E-state index contributed by atoms with van der Waals surface area (Å²) >= 11 is 0. The van der Waals surface area contributed by atoms with Gasteiger partial charge < -0.3 is 4.74 Å². The molecule has 0 aliphatic rings. The Bertz CT molecular complexity index is 536. The summed E-state index contributed by atoms with van der Waals surface area (Å²) in [6.07, 6.45) is 1.57. The number of carbonyl (C=O) groups excluding carboxylic acids is 1. The van der Waals surface area contributed by atoms with E-state index in [-0.39, 0.29) is 0 Å². The molecular weight excluding hydrogens is 228 g/mol. The van der Waals surface area contributed by atoms with Gasteiger partial charge in [-0.1, -0.05) is 13.8 Å². The highest BCUT2D eigenvalue weighted by Gasteiger charge is 2.05. The van der Waals surface area contributed by atoms with Crippen LogP contribution < -0.4 is 4.74 Å². The number of rotatable bonds is 4. The summed E-state index contributed by atoms with van der Waals surface area (Å²) in [5, 5.41) is 0. The van der Waals surface area contributed by atoms with Crippen molar-refractivity contribution in [3.8, 4) is 17.0 Å². The van der Waals surface area contributed by atoms with Crippen LogP contribution in [0, 0.1) is 0 Å². The van der Waals surface area contributed by atoms with Gasteiger partial charge in [0.15, 0.2) is 0 Å². The molecule has 92 valence electrons. The minimum absolute atomic E-state index is 0.365. The average Bonchev–Trinajstić information content (AvgIpc) is 2.40. The van der Waals surface area contributed by atoms with E-state index < -0.39 is 0 Å². The van der Waals surface area contributed by atoms with Crippen LogP contribution in [0.4, 0.5) is 0 Å². The summed E-state index contributed by atoms with van der Waals surface area (Å²) in [6, 6.07) is 9.18. The minimum atomic E-state index is 0.365. The van der Waals surface area contributed by atoms with Gasteiger partial charge in [0, 0.05) is 11.3 Å². The van der Waals surface area contributed by atoms with Crippen LogP contribution in [0.25, 0.3) is 11.3 Å². The molecule has 0 saturated carbocycles. The predicted molar refractivity (Wildman–Crippen MR) is 68.2 cm³/mol. The second kappa shape index (κ2) is 5.40. The van der Waals surface area contributed by atoms with E-state index in [4.69, 9.17) is 4.74 Å². The van der Waals surface area contributed by atoms with E-state index in [2.05, 4.69) is 23.8 Å². The first-order valence-corrected chi connectivity index (χ1v) is 5.73. The molecule has 0 amide bonds. The molecule has 0 radical (unpaired) electrons. The van der Waals surface area contributed by atoms with Gasteiger partial charge in [-0.25, -0.2) is 9.97 Å². The Morgan fingerprint density at radius 1 is 1.17 bits per heavy atom. The third-order valence-electron chi connectivity index (χ3n) is 2.61. The average molecular weight is 242 g/mol. The molecule has 0 aliphatic carbocycles. The first kappa shape index (κ1) is 12.2. The van der Waals surface area contributed by atoms with E-state index in [1.165, 1.54) is 0 Å². The molecule has 18 heavy (non-hydrogen) atoms. The maximum Gasteiger partial charge on any atom is 0.298 e. The third-order valence-corrected chi connectivity index (χ3v) is 2.61. The van der Waals surface area contributed by atoms with Crippen LogP contribution in [0.15, 0.2) is 36.7 Å². The molecule has 4 nitrogen and oxygen atoms in total. The molecule has 0 fully saturated rings. The van der Waals surface area contributed by atoms with Crippen molar-refractivity contribution in [2.24, 2.45) is 0 Å². The Labute approximate surface area is 106 Å². The van der Waals surface area contributed by atoms with E-state index >= 15 is 0 Å². The summed E-state index contributed by atoms with van der Waals surface area (Å²) in [4.78, 5) is 18.7. The Morgan fingerprint density at radius 2 is 1.89 bits per heavy atom. The maximum atomic E-state index is 10.2. The smallest absolute Gasteiger partial charge is 0.298 e. The molecule has 0 atom stereocenters. The molecule has 0 aliphatic heterocycles. The second-order valence-corrected chi connectivity index (χ2v) is 4.22. The number of carbonyl (C=O) groups is 1. The molecule has 2 rings (SSSR count). The number of nitrogens with zero attached hydrogens (tertiary/aromatic N) is 2. The lowest BCUT2D eigenvalue weighted by Gasteiger charge is -2.06. The number of benzene rings is 1. The first-order valence-electron chi connectivity index (χ1n) is 5.73. The highest BCUT2D eigenvalue weighted by Crippen LogP contribution is 2.22. The highest BCUT2D eigenvalue weighted by molar-refractivity contribution is 5.61. The van der Waals surface area contributed by atoms with E-state index in [1.54, 1.807) is 18.5 Å². The third kappa shape index (κ3) is 2.71. The zero-order valence-corrected chi connectivity index (χ0v) is 10.3. The fraction of sp³-hybridized carbons (Fsp3) is 0.214. The number of aromatic nitrogens is 2. The largest absolute Gasteiger partial charge is 0.429 e. The molecule has 2 aromatic rings. The SMILES string of the molecule is CC(C)c1cc(-c2ccc(OC=O)cc2)ncn1. The molecule has 0 N–H and O–H groups in total. The Morgan fingerprint density at radius 3 is 2.50 bits per heavy atom. The van der Waals surface area contributed by atoms with Gasteiger partial charge in [-0.2, -0.15) is 0 Å². The number of ether oxygens (including phenoxy) is 1. The Balaban J connectivity index is 2.30. The van der Waals surface area contributed by atoms with Crippen molar-refractivity contribution >= 4 is 6.47 Å². The standard InChI is InChI=1S/C14H14N2O2/c1-10(2)13-7-14(16-8-15-13)11-3-5-12(6-4-11)18-9-17/h3-10H,1-2H3. The van der Waals surface area contributed by atoms with Gasteiger partial charge in [-0.05, 0) is 36.2 Å². The zero-order valence-electron chi connectivity index (χ0n) is 10.3. The van der Waals surface area contributed by atoms with Gasteiger partial charge in [0.1, 0.15) is 12.1 Å². The van der Waals surface area contributed by atoms with Gasteiger partial charge in [0.25, 0.3) is 6.47 Å². The Kier molecular flexibility index (Phi) is 3.67. The maximum absolute atomic E-state index is 10.2. The van der Waals surface area contributed by atoms with Crippen molar-refractivity contribution in [3.63, 3.8) is 0 Å². The van der Waals surface area contributed by atoms with Crippen molar-refractivity contribution in [2.45, 2.75) is 19.8 Å². The second-order valence-electron chi connectivity index (χ2n) is 4.22. The fourth-order valence-corrected chi connectivity index (χ4v) is 1.61. The summed E-state index contributed by atoms with van der Waals surface area (Å²) in [5.41, 5.74) is 2.84. The predicted octanol–water partition coefficient (Wildman–Crippen LogP) is 2.80. The van der Waals surface area contributed by atoms with Crippen LogP contribution >= 0.6 is 0 Å². The number of hydrogen-bond donors (Lipinski definition) is 0. The summed E-state index contributed by atoms with van der Waals surface area (Å²) in [6.45, 7) is 4.59. The quantitative estimate of drug-likeness (QED) is 0.773. The molecule has 1 aromatic carbocycles. The van der Waals surface area contributed by atoms with Crippen LogP contribution in [0.3, 0.4) is 0 Å². The van der Waals surface area contributed by atoms with Crippen molar-refractivity contribution in [1.29, 1.82) is 0 Å². The summed E-state index contributed by atoms with van der Waals surface area (Å²) in [5.74, 6) is 0.885. The molecule has 1 heterocycles. The highest BCUT2D eigenvalue weighted by atomic mass is 16.5. The van der Waals surface area contributed by atoms with Crippen LogP contribution in [0.5, 0.6) is 5.75 Å². The first-order chi connectivity index (χ1) is 8.70. The molecular formula is C14H14N2O2. The monoisotopic (exact) mass is 242 g/mol. The lowest BCUT2D eigenvalue weighted by Crippen LogP contribution is -1.95. The topological polar surface area (TPSA) is 52.1 Å². The zero-order chi connectivity index (χ0) is 13.0. The molecule has 0 unspecified atom stereocenters. The summed E-state index contributed by atoms with van der Waals surface area (Å²) in [7, 11) is 0. The van der Waals surface area contributed by atoms with Crippen LogP contribution in [0.2, 0.25) is 0 Å². The number of hydrogen-bond acceptors (Lipinski definition) is 4. The molecule has 1 aromatic heterocycles. The van der Waals surface area contributed by atoms with Crippen LogP contribution in [-0.2, 0) is 4.79 Å². The molecule has 4 heteroatoms. The molecule has 0 saturated heterocycles. The van der Waals surface area contributed by atoms with Crippen LogP contribution in [0.1, 0.15) is 25.5 Å². The van der Waals surface area contributed by atoms with Crippen molar-refractivity contribution in [1.82, 2.24) is 9.97 Å². The van der Waals surface area contributed by atoms with Crippen LogP contribution in [-0.4, -0.2) is 16.4 Å². The normalized spacial score (nSPS) is 10.4. The van der Waals surface area contributed by atoms with Gasteiger partial charge >= 0.3 is 0 Å². The Hall–Kier alpha value is -2.23. The van der Waals surface area contributed by atoms with Gasteiger partial charge in [-0.15, -0.1) is 0 Å².